The van der Waals surface area contributed by atoms with Gasteiger partial charge in [-0.05, 0) is 12.0 Å². The number of nitrogens with zero attached hydrogens (tertiary/aromatic N) is 1. The van der Waals surface area contributed by atoms with Gasteiger partial charge in [0.2, 0.25) is 0 Å². The van der Waals surface area contributed by atoms with Crippen LogP contribution in [0, 0.1) is 0 Å². The summed E-state index contributed by atoms with van der Waals surface area (Å²) in [6.07, 6.45) is 19.4. The van der Waals surface area contributed by atoms with Gasteiger partial charge in [-0.3, -0.25) is 4.79 Å². The Morgan fingerprint density at radius 2 is 1.21 bits per heavy atom. The van der Waals surface area contributed by atoms with Gasteiger partial charge in [0, 0.05) is 13.0 Å². The number of nitrogens with one attached hydrogen (secondary N) is 1. The molecule has 1 unspecified atom stereocenters. The summed E-state index contributed by atoms with van der Waals surface area (Å²) in [5.74, 6) is 0.121. The normalized spacial score (nSPS) is 12.2. The molecule has 5 heteroatoms. The van der Waals surface area contributed by atoms with Crippen molar-refractivity contribution in [1.29, 1.82) is 0 Å². The Labute approximate surface area is 226 Å². The van der Waals surface area contributed by atoms with Gasteiger partial charge in [-0.2, -0.15) is 0 Å². The Bertz CT molecular complexity index is 599. The number of hydrogen-bond donors (Lipinski definition) is 1. The van der Waals surface area contributed by atoms with Crippen LogP contribution in [0.15, 0.2) is 24.3 Å². The maximum absolute atomic E-state index is 12.8. The monoisotopic (exact) mass is 469 g/mol. The number of unbranched alkanes of at least 4 members (excludes halogenated alkanes) is 13. The van der Waals surface area contributed by atoms with Gasteiger partial charge in [-0.25, -0.2) is 0 Å². The summed E-state index contributed by atoms with van der Waals surface area (Å²) >= 11 is 0. The Morgan fingerprint density at radius 3 is 1.64 bits per heavy atom. The van der Waals surface area contributed by atoms with Gasteiger partial charge >= 0.3 is 29.6 Å². The van der Waals surface area contributed by atoms with Crippen molar-refractivity contribution in [2.24, 2.45) is 0 Å². The molecule has 1 N–H and O–H groups in total. The second kappa shape index (κ2) is 19.7. The summed E-state index contributed by atoms with van der Waals surface area (Å²) in [5, 5.41) is 14.5. The van der Waals surface area contributed by atoms with Gasteiger partial charge in [-0.15, -0.1) is 5.75 Å². The van der Waals surface area contributed by atoms with Gasteiger partial charge < -0.3 is 14.9 Å². The minimum absolute atomic E-state index is 0. The third-order valence-electron chi connectivity index (χ3n) is 6.42. The number of rotatable bonds is 19. The fraction of sp³-hybridized carbons (Fsp3) is 0.750. The van der Waals surface area contributed by atoms with Gasteiger partial charge in [-0.1, -0.05) is 115 Å². The van der Waals surface area contributed by atoms with Crippen LogP contribution in [0.3, 0.4) is 0 Å². The molecule has 0 fully saturated rings. The third kappa shape index (κ3) is 16.7. The molecule has 1 amide bonds. The quantitative estimate of drug-likeness (QED) is 0.192. The van der Waals surface area contributed by atoms with E-state index in [-0.39, 0.29) is 47.3 Å². The van der Waals surface area contributed by atoms with Crippen LogP contribution in [0.5, 0.6) is 5.75 Å². The molecular weight excluding hydrogens is 419 g/mol. The van der Waals surface area contributed by atoms with E-state index in [0.717, 1.165) is 18.5 Å². The summed E-state index contributed by atoms with van der Waals surface area (Å²) in [4.78, 5) is 12.8. The van der Waals surface area contributed by atoms with Crippen molar-refractivity contribution in [2.45, 2.75) is 109 Å². The fourth-order valence-corrected chi connectivity index (χ4v) is 4.22. The Kier molecular flexibility index (Phi) is 19.4. The second-order valence-electron chi connectivity index (χ2n) is 10.4. The SMILES string of the molecule is CCCCCCCCCCCCCCCCNC(=O)C(Cc1ccc([O-])cc1)[N+](C)(C)C.[Na+]. The van der Waals surface area contributed by atoms with E-state index < -0.39 is 0 Å². The van der Waals surface area contributed by atoms with Crippen LogP contribution in [-0.2, 0) is 11.2 Å². The molecule has 1 rings (SSSR count). The molecule has 0 saturated carbocycles. The molecule has 4 nitrogen and oxygen atoms in total. The van der Waals surface area contributed by atoms with Crippen molar-refractivity contribution in [3.8, 4) is 5.75 Å². The summed E-state index contributed by atoms with van der Waals surface area (Å²) in [5.41, 5.74) is 1.04. The zero-order valence-electron chi connectivity index (χ0n) is 22.5. The van der Waals surface area contributed by atoms with Crippen LogP contribution >= 0.6 is 0 Å². The van der Waals surface area contributed by atoms with Crippen LogP contribution in [0.1, 0.15) is 102 Å². The Hall–Kier alpha value is -0.550. The number of carbonyl (C=O) groups is 1. The maximum Gasteiger partial charge on any atom is 1.00 e. The van der Waals surface area contributed by atoms with Gasteiger partial charge in [0.25, 0.3) is 5.91 Å². The Balaban J connectivity index is 0.0000102. The van der Waals surface area contributed by atoms with Crippen molar-refractivity contribution >= 4 is 5.91 Å². The van der Waals surface area contributed by atoms with Crippen molar-refractivity contribution < 1.29 is 43.9 Å². The molecule has 1 aromatic carbocycles. The molecule has 0 aliphatic carbocycles. The molecule has 0 aliphatic heterocycles. The smallest absolute Gasteiger partial charge is 0.872 e. The number of amides is 1. The molecule has 184 valence electrons. The number of quaternary nitrogens is 1. The standard InChI is InChI=1S/C28H50N2O2.Na/c1-5-6-7-8-9-10-11-12-13-14-15-16-17-18-23-29-28(32)27(30(2,3)4)24-25-19-21-26(31)22-20-25;/h19-22,27H,5-18,23-24H2,1-4H3,(H-,29,31,32);/q;+1. The first kappa shape index (κ1) is 32.5. The predicted molar refractivity (Wildman–Crippen MR) is 135 cm³/mol. The van der Waals surface area contributed by atoms with Crippen molar-refractivity contribution in [3.63, 3.8) is 0 Å². The zero-order chi connectivity index (χ0) is 23.7. The van der Waals surface area contributed by atoms with Gasteiger partial charge in [0.1, 0.15) is 0 Å². The molecule has 33 heavy (non-hydrogen) atoms. The summed E-state index contributed by atoms with van der Waals surface area (Å²) in [6, 6.07) is 6.68. The maximum atomic E-state index is 12.8. The van der Waals surface area contributed by atoms with Gasteiger partial charge in [0.05, 0.1) is 21.1 Å². The van der Waals surface area contributed by atoms with Crippen molar-refractivity contribution in [2.75, 3.05) is 27.7 Å². The zero-order valence-corrected chi connectivity index (χ0v) is 24.5. The largest absolute Gasteiger partial charge is 1.00 e. The molecular formula is C28H50N2NaO2+. The second-order valence-corrected chi connectivity index (χ2v) is 10.4. The first-order chi connectivity index (χ1) is 15.3. The van der Waals surface area contributed by atoms with Crippen LogP contribution in [-0.4, -0.2) is 44.1 Å². The minimum atomic E-state index is -0.154. The summed E-state index contributed by atoms with van der Waals surface area (Å²) in [6.45, 7) is 3.03. The van der Waals surface area contributed by atoms with Crippen LogP contribution in [0.2, 0.25) is 0 Å². The van der Waals surface area contributed by atoms with Crippen molar-refractivity contribution in [1.82, 2.24) is 5.32 Å². The summed E-state index contributed by atoms with van der Waals surface area (Å²) < 4.78 is 0.573. The average molecular weight is 470 g/mol. The average Bonchev–Trinajstić information content (AvgIpc) is 2.75. The molecule has 1 aromatic rings. The van der Waals surface area contributed by atoms with E-state index in [2.05, 4.69) is 33.4 Å². The molecule has 0 aliphatic rings. The van der Waals surface area contributed by atoms with Crippen molar-refractivity contribution in [3.05, 3.63) is 29.8 Å². The van der Waals surface area contributed by atoms with E-state index in [0.29, 0.717) is 10.9 Å². The van der Waals surface area contributed by atoms with Crippen LogP contribution in [0.25, 0.3) is 0 Å². The number of hydrogen-bond acceptors (Lipinski definition) is 2. The molecule has 0 saturated heterocycles. The number of benzene rings is 1. The molecule has 0 bridgehead atoms. The predicted octanol–water partition coefficient (Wildman–Crippen LogP) is 2.98. The molecule has 0 aromatic heterocycles. The number of carbonyl (C=O) groups excluding carboxylic acids is 1. The molecule has 0 radical (unpaired) electrons. The van der Waals surface area contributed by atoms with E-state index in [1.165, 1.54) is 83.5 Å². The van der Waals surface area contributed by atoms with Gasteiger partial charge in [0.15, 0.2) is 6.04 Å². The Morgan fingerprint density at radius 1 is 0.788 bits per heavy atom. The first-order valence-corrected chi connectivity index (χ1v) is 13.2. The number of likely N-dealkylation sites (N-methyl/N-ethyl adjacent to an activating group) is 1. The van der Waals surface area contributed by atoms with E-state index in [9.17, 15) is 9.90 Å². The van der Waals surface area contributed by atoms with E-state index >= 15 is 0 Å². The minimum Gasteiger partial charge on any atom is -0.872 e. The molecule has 0 spiro atoms. The summed E-state index contributed by atoms with van der Waals surface area (Å²) in [7, 11) is 6.16. The first-order valence-electron chi connectivity index (χ1n) is 13.2. The van der Waals surface area contributed by atoms with Crippen LogP contribution in [0.4, 0.5) is 0 Å². The van der Waals surface area contributed by atoms with E-state index in [1.807, 2.05) is 12.1 Å². The molecule has 1 atom stereocenters. The molecule has 0 heterocycles. The topological polar surface area (TPSA) is 52.2 Å². The third-order valence-corrected chi connectivity index (χ3v) is 6.42. The van der Waals surface area contributed by atoms with E-state index in [1.54, 1.807) is 12.1 Å². The van der Waals surface area contributed by atoms with E-state index in [4.69, 9.17) is 0 Å². The fourth-order valence-electron chi connectivity index (χ4n) is 4.22. The van der Waals surface area contributed by atoms with Crippen LogP contribution < -0.4 is 40.0 Å².